The third-order valence-corrected chi connectivity index (χ3v) is 4.42. The zero-order chi connectivity index (χ0) is 21.3. The van der Waals surface area contributed by atoms with E-state index in [0.29, 0.717) is 36.1 Å². The Kier molecular flexibility index (Phi) is 5.07. The standard InChI is InChI=1S/C22H23N3O5/c1-22(2,3)30-21(27)25-19-20(26)23-15-7-5-4-6-14(15)18(24-19)13-8-9-16-17(12-13)29-11-10-28-16/h4-9,12,19H,10-11H2,1-3H3,(H,23,26)(H,25,27). The van der Waals surface area contributed by atoms with E-state index < -0.39 is 23.8 Å². The molecule has 1 atom stereocenters. The summed E-state index contributed by atoms with van der Waals surface area (Å²) >= 11 is 0. The van der Waals surface area contributed by atoms with Crippen LogP contribution in [0.4, 0.5) is 10.5 Å². The highest BCUT2D eigenvalue weighted by Gasteiger charge is 2.29. The van der Waals surface area contributed by atoms with Gasteiger partial charge in [-0.3, -0.25) is 10.1 Å². The number of benzene rings is 2. The molecule has 1 unspecified atom stereocenters. The fourth-order valence-corrected chi connectivity index (χ4v) is 3.19. The minimum absolute atomic E-state index is 0.458. The summed E-state index contributed by atoms with van der Waals surface area (Å²) < 4.78 is 16.6. The average molecular weight is 409 g/mol. The van der Waals surface area contributed by atoms with E-state index in [2.05, 4.69) is 15.6 Å². The van der Waals surface area contributed by atoms with E-state index in [4.69, 9.17) is 14.2 Å². The Hall–Kier alpha value is -3.55. The van der Waals surface area contributed by atoms with Gasteiger partial charge in [-0.25, -0.2) is 9.79 Å². The fourth-order valence-electron chi connectivity index (χ4n) is 3.19. The van der Waals surface area contributed by atoms with Gasteiger partial charge in [0.2, 0.25) is 6.17 Å². The molecule has 2 aromatic rings. The van der Waals surface area contributed by atoms with Gasteiger partial charge in [-0.1, -0.05) is 18.2 Å². The summed E-state index contributed by atoms with van der Waals surface area (Å²) in [5, 5.41) is 5.37. The number of carbonyl (C=O) groups excluding carboxylic acids is 2. The van der Waals surface area contributed by atoms with Gasteiger partial charge in [0.1, 0.15) is 18.8 Å². The van der Waals surface area contributed by atoms with Crippen molar-refractivity contribution in [3.05, 3.63) is 53.6 Å². The number of nitrogens with zero attached hydrogens (tertiary/aromatic N) is 1. The Labute approximate surface area is 174 Å². The zero-order valence-corrected chi connectivity index (χ0v) is 17.0. The molecule has 0 aromatic heterocycles. The molecule has 2 aromatic carbocycles. The molecule has 30 heavy (non-hydrogen) atoms. The average Bonchev–Trinajstić information content (AvgIpc) is 2.83. The molecule has 0 saturated heterocycles. The Bertz CT molecular complexity index is 1030. The van der Waals surface area contributed by atoms with E-state index in [1.165, 1.54) is 0 Å². The minimum Gasteiger partial charge on any atom is -0.486 e. The number of aliphatic imine (C=N–C) groups is 1. The normalized spacial score (nSPS) is 17.8. The van der Waals surface area contributed by atoms with Gasteiger partial charge >= 0.3 is 6.09 Å². The highest BCUT2D eigenvalue weighted by molar-refractivity contribution is 6.20. The van der Waals surface area contributed by atoms with Crippen LogP contribution in [0.15, 0.2) is 47.5 Å². The maximum absolute atomic E-state index is 12.8. The Morgan fingerprint density at radius 1 is 1.13 bits per heavy atom. The summed E-state index contributed by atoms with van der Waals surface area (Å²) in [5.41, 5.74) is 1.92. The van der Waals surface area contributed by atoms with E-state index in [1.807, 2.05) is 36.4 Å². The summed E-state index contributed by atoms with van der Waals surface area (Å²) in [6.07, 6.45) is -1.88. The topological polar surface area (TPSA) is 98.2 Å². The third kappa shape index (κ3) is 4.22. The van der Waals surface area contributed by atoms with Gasteiger partial charge in [-0.05, 0) is 45.0 Å². The second-order valence-electron chi connectivity index (χ2n) is 7.92. The lowest BCUT2D eigenvalue weighted by Gasteiger charge is -2.21. The lowest BCUT2D eigenvalue weighted by molar-refractivity contribution is -0.118. The lowest BCUT2D eigenvalue weighted by Crippen LogP contribution is -2.44. The largest absolute Gasteiger partial charge is 0.486 e. The maximum atomic E-state index is 12.8. The van der Waals surface area contributed by atoms with Crippen molar-refractivity contribution in [2.45, 2.75) is 32.5 Å². The van der Waals surface area contributed by atoms with Gasteiger partial charge in [-0.2, -0.15) is 0 Å². The summed E-state index contributed by atoms with van der Waals surface area (Å²) in [5.74, 6) is 0.810. The molecule has 2 amide bonds. The number of benzodiazepines with no additional fused rings is 1. The van der Waals surface area contributed by atoms with Crippen LogP contribution < -0.4 is 20.1 Å². The highest BCUT2D eigenvalue weighted by atomic mass is 16.6. The monoisotopic (exact) mass is 409 g/mol. The number of anilines is 1. The Morgan fingerprint density at radius 2 is 1.87 bits per heavy atom. The van der Waals surface area contributed by atoms with Gasteiger partial charge in [0.25, 0.3) is 5.91 Å². The van der Waals surface area contributed by atoms with Crippen LogP contribution in [0.2, 0.25) is 0 Å². The van der Waals surface area contributed by atoms with Gasteiger partial charge in [0.15, 0.2) is 11.5 Å². The van der Waals surface area contributed by atoms with E-state index in [9.17, 15) is 9.59 Å². The molecule has 0 aliphatic carbocycles. The van der Waals surface area contributed by atoms with Crippen LogP contribution in [0.5, 0.6) is 11.5 Å². The van der Waals surface area contributed by atoms with Gasteiger partial charge in [-0.15, -0.1) is 0 Å². The summed E-state index contributed by atoms with van der Waals surface area (Å²) in [6, 6.07) is 12.8. The summed E-state index contributed by atoms with van der Waals surface area (Å²) in [4.78, 5) is 29.6. The molecule has 0 fully saturated rings. The maximum Gasteiger partial charge on any atom is 0.409 e. The number of nitrogens with one attached hydrogen (secondary N) is 2. The molecule has 2 heterocycles. The van der Waals surface area contributed by atoms with E-state index in [-0.39, 0.29) is 0 Å². The van der Waals surface area contributed by atoms with Gasteiger partial charge in [0, 0.05) is 11.1 Å². The number of ether oxygens (including phenoxy) is 3. The minimum atomic E-state index is -1.16. The molecule has 0 radical (unpaired) electrons. The molecule has 8 heteroatoms. The van der Waals surface area contributed by atoms with Crippen LogP contribution in [-0.2, 0) is 9.53 Å². The molecule has 156 valence electrons. The van der Waals surface area contributed by atoms with Crippen molar-refractivity contribution in [3.8, 4) is 11.5 Å². The van der Waals surface area contributed by atoms with Crippen LogP contribution in [0, 0.1) is 0 Å². The SMILES string of the molecule is CC(C)(C)OC(=O)NC1N=C(c2ccc3c(c2)OCCO3)c2ccccc2NC1=O. The molecule has 2 aliphatic heterocycles. The molecule has 0 spiro atoms. The molecule has 0 bridgehead atoms. The number of fused-ring (bicyclic) bond motifs is 2. The molecule has 2 N–H and O–H groups in total. The summed E-state index contributed by atoms with van der Waals surface area (Å²) in [7, 11) is 0. The van der Waals surface area contributed by atoms with Crippen molar-refractivity contribution in [3.63, 3.8) is 0 Å². The Balaban J connectivity index is 1.74. The molecule has 8 nitrogen and oxygen atoms in total. The molecule has 2 aliphatic rings. The molecule has 4 rings (SSSR count). The first-order chi connectivity index (χ1) is 14.3. The van der Waals surface area contributed by atoms with Gasteiger partial charge in [0.05, 0.1) is 11.4 Å². The number of para-hydroxylation sites is 1. The number of rotatable bonds is 2. The number of hydrogen-bond acceptors (Lipinski definition) is 6. The summed E-state index contributed by atoms with van der Waals surface area (Å²) in [6.45, 7) is 6.21. The van der Waals surface area contributed by atoms with Crippen molar-refractivity contribution in [1.29, 1.82) is 0 Å². The zero-order valence-electron chi connectivity index (χ0n) is 17.0. The third-order valence-electron chi connectivity index (χ3n) is 4.42. The first kappa shape index (κ1) is 19.8. The second kappa shape index (κ2) is 7.70. The molecular weight excluding hydrogens is 386 g/mol. The number of hydrogen-bond donors (Lipinski definition) is 2. The smallest absolute Gasteiger partial charge is 0.409 e. The van der Waals surface area contributed by atoms with Crippen LogP contribution >= 0.6 is 0 Å². The van der Waals surface area contributed by atoms with Crippen LogP contribution in [-0.4, -0.2) is 42.7 Å². The van der Waals surface area contributed by atoms with Crippen LogP contribution in [0.1, 0.15) is 31.9 Å². The van der Waals surface area contributed by atoms with Crippen molar-refractivity contribution in [2.75, 3.05) is 18.5 Å². The van der Waals surface area contributed by atoms with Crippen molar-refractivity contribution in [1.82, 2.24) is 5.32 Å². The van der Waals surface area contributed by atoms with Gasteiger partial charge < -0.3 is 19.5 Å². The quantitative estimate of drug-likeness (QED) is 0.794. The van der Waals surface area contributed by atoms with E-state index in [1.54, 1.807) is 26.8 Å². The molecular formula is C22H23N3O5. The Morgan fingerprint density at radius 3 is 2.63 bits per heavy atom. The predicted octanol–water partition coefficient (Wildman–Crippen LogP) is 3.10. The highest BCUT2D eigenvalue weighted by Crippen LogP contribution is 2.33. The van der Waals surface area contributed by atoms with E-state index >= 15 is 0 Å². The number of amides is 2. The van der Waals surface area contributed by atoms with E-state index in [0.717, 1.165) is 11.1 Å². The fraction of sp³-hybridized carbons (Fsp3) is 0.318. The van der Waals surface area contributed by atoms with Crippen LogP contribution in [0.25, 0.3) is 0 Å². The molecule has 0 saturated carbocycles. The number of carbonyl (C=O) groups is 2. The first-order valence-electron chi connectivity index (χ1n) is 9.68. The van der Waals surface area contributed by atoms with Crippen LogP contribution in [0.3, 0.4) is 0 Å². The van der Waals surface area contributed by atoms with Crippen molar-refractivity contribution >= 4 is 23.4 Å². The second-order valence-corrected chi connectivity index (χ2v) is 7.92. The predicted molar refractivity (Wildman–Crippen MR) is 111 cm³/mol. The lowest BCUT2D eigenvalue weighted by atomic mass is 10.00. The first-order valence-corrected chi connectivity index (χ1v) is 9.68. The van der Waals surface area contributed by atoms with Crippen molar-refractivity contribution in [2.24, 2.45) is 4.99 Å². The number of alkyl carbamates (subject to hydrolysis) is 1. The van der Waals surface area contributed by atoms with Crippen molar-refractivity contribution < 1.29 is 23.8 Å².